The maximum atomic E-state index is 15.3. The molecule has 1 atom stereocenters. The zero-order chi connectivity index (χ0) is 19.6. The summed E-state index contributed by atoms with van der Waals surface area (Å²) in [7, 11) is 0. The first-order valence-electron chi connectivity index (χ1n) is 9.68. The summed E-state index contributed by atoms with van der Waals surface area (Å²) >= 11 is 1.56. The third-order valence-electron chi connectivity index (χ3n) is 6.37. The van der Waals surface area contributed by atoms with E-state index in [4.69, 9.17) is 0 Å². The molecule has 6 nitrogen and oxygen atoms in total. The third kappa shape index (κ3) is 2.50. The molecule has 3 aliphatic rings. The van der Waals surface area contributed by atoms with Gasteiger partial charge in [-0.25, -0.2) is 9.18 Å². The molecule has 0 unspecified atom stereocenters. The molecule has 1 aromatic heterocycles. The summed E-state index contributed by atoms with van der Waals surface area (Å²) in [5.74, 6) is -1.01. The Kier molecular flexibility index (Phi) is 4.00. The van der Waals surface area contributed by atoms with Gasteiger partial charge in [-0.3, -0.25) is 4.79 Å². The number of nitrogens with zero attached hydrogens (tertiary/aromatic N) is 2. The van der Waals surface area contributed by atoms with Gasteiger partial charge in [-0.2, -0.15) is 0 Å². The van der Waals surface area contributed by atoms with Crippen molar-refractivity contribution in [3.05, 3.63) is 33.9 Å². The van der Waals surface area contributed by atoms with Crippen LogP contribution < -0.4 is 15.6 Å². The highest BCUT2D eigenvalue weighted by Gasteiger charge is 2.42. The molecule has 1 saturated carbocycles. The minimum atomic E-state index is -1.28. The Bertz CT molecular complexity index is 1060. The number of thioether (sulfide) groups is 1. The quantitative estimate of drug-likeness (QED) is 0.803. The van der Waals surface area contributed by atoms with E-state index in [9.17, 15) is 14.7 Å². The lowest BCUT2D eigenvalue weighted by Crippen LogP contribution is -2.64. The Morgan fingerprint density at radius 2 is 2.21 bits per heavy atom. The van der Waals surface area contributed by atoms with Crippen molar-refractivity contribution in [2.75, 3.05) is 30.3 Å². The number of carbonyl (C=O) groups is 1. The van der Waals surface area contributed by atoms with Crippen molar-refractivity contribution in [1.82, 2.24) is 9.88 Å². The second-order valence-corrected chi connectivity index (χ2v) is 9.19. The summed E-state index contributed by atoms with van der Waals surface area (Å²) in [6.07, 6.45) is 4.82. The summed E-state index contributed by atoms with van der Waals surface area (Å²) in [5.41, 5.74) is 0.381. The molecule has 1 spiro atoms. The van der Waals surface area contributed by atoms with Crippen LogP contribution in [0.15, 0.2) is 22.0 Å². The van der Waals surface area contributed by atoms with Crippen LogP contribution in [0.4, 0.5) is 10.1 Å². The minimum absolute atomic E-state index is 0.0259. The monoisotopic (exact) mass is 403 g/mol. The lowest BCUT2D eigenvalue weighted by Gasteiger charge is -2.50. The lowest BCUT2D eigenvalue weighted by molar-refractivity contribution is 0.0694. The van der Waals surface area contributed by atoms with Gasteiger partial charge < -0.3 is 19.9 Å². The summed E-state index contributed by atoms with van der Waals surface area (Å²) in [4.78, 5) is 27.1. The van der Waals surface area contributed by atoms with E-state index >= 15 is 4.39 Å². The number of hydrogen-bond acceptors (Lipinski definition) is 5. The van der Waals surface area contributed by atoms with Gasteiger partial charge in [0, 0.05) is 43.2 Å². The highest BCUT2D eigenvalue weighted by Crippen LogP contribution is 2.45. The predicted molar refractivity (Wildman–Crippen MR) is 107 cm³/mol. The zero-order valence-corrected chi connectivity index (χ0v) is 16.4. The number of pyridine rings is 1. The van der Waals surface area contributed by atoms with Crippen LogP contribution in [0.25, 0.3) is 10.9 Å². The molecule has 3 heterocycles. The van der Waals surface area contributed by atoms with Gasteiger partial charge >= 0.3 is 5.97 Å². The van der Waals surface area contributed by atoms with Crippen molar-refractivity contribution < 1.29 is 14.3 Å². The number of carboxylic acid groups (broad SMARTS) is 1. The standard InChI is InChI=1S/C20H22FN3O3S/c1-11-9-28-18-15-12(17(25)13(19(26)27)8-24(11)15)7-14(21)16(18)23-6-5-22-20(10-23)3-2-4-20/h7-8,11,22H,2-6,9-10H2,1H3,(H,26,27)/t11-/m0/s1. The molecule has 2 N–H and O–H groups in total. The summed E-state index contributed by atoms with van der Waals surface area (Å²) in [5, 5.41) is 13.2. The fourth-order valence-electron chi connectivity index (χ4n) is 4.74. The second kappa shape index (κ2) is 6.22. The van der Waals surface area contributed by atoms with Crippen molar-refractivity contribution in [2.45, 2.75) is 42.7 Å². The molecular weight excluding hydrogens is 381 g/mol. The van der Waals surface area contributed by atoms with Crippen molar-refractivity contribution in [2.24, 2.45) is 0 Å². The number of carboxylic acids is 1. The van der Waals surface area contributed by atoms with Crippen molar-refractivity contribution >= 4 is 34.3 Å². The normalized spacial score (nSPS) is 23.1. The molecule has 5 rings (SSSR count). The lowest BCUT2D eigenvalue weighted by atomic mass is 9.75. The van der Waals surface area contributed by atoms with Gasteiger partial charge in [-0.15, -0.1) is 11.8 Å². The molecule has 148 valence electrons. The molecule has 2 aliphatic heterocycles. The molecule has 8 heteroatoms. The van der Waals surface area contributed by atoms with E-state index in [2.05, 4.69) is 10.2 Å². The number of aromatic carboxylic acids is 1. The molecule has 0 radical (unpaired) electrons. The van der Waals surface area contributed by atoms with Gasteiger partial charge in [0.1, 0.15) is 11.4 Å². The number of aromatic nitrogens is 1. The van der Waals surface area contributed by atoms with Gasteiger partial charge in [0.25, 0.3) is 0 Å². The Balaban J connectivity index is 1.74. The fraction of sp³-hybridized carbons (Fsp3) is 0.500. The molecule has 2 fully saturated rings. The Labute approximate surface area is 165 Å². The van der Waals surface area contributed by atoms with Crippen molar-refractivity contribution in [3.63, 3.8) is 0 Å². The number of rotatable bonds is 2. The molecular formula is C20H22FN3O3S. The third-order valence-corrected chi connectivity index (χ3v) is 7.70. The molecule has 1 saturated heterocycles. The van der Waals surface area contributed by atoms with Crippen LogP contribution in [0.2, 0.25) is 0 Å². The topological polar surface area (TPSA) is 74.6 Å². The van der Waals surface area contributed by atoms with Gasteiger partial charge in [0.2, 0.25) is 5.43 Å². The number of anilines is 1. The van der Waals surface area contributed by atoms with E-state index in [0.29, 0.717) is 23.5 Å². The summed E-state index contributed by atoms with van der Waals surface area (Å²) in [6, 6.07) is 1.27. The second-order valence-electron chi connectivity index (χ2n) is 8.16. The van der Waals surface area contributed by atoms with E-state index in [1.54, 1.807) is 11.8 Å². The summed E-state index contributed by atoms with van der Waals surface area (Å²) < 4.78 is 17.2. The number of benzene rings is 1. The first-order valence-corrected chi connectivity index (χ1v) is 10.7. The van der Waals surface area contributed by atoms with Crippen molar-refractivity contribution in [3.8, 4) is 0 Å². The number of nitrogens with one attached hydrogen (secondary N) is 1. The SMILES string of the molecule is C[C@H]1CSc2c(N3CCNC4(CCC4)C3)c(F)cc3c(=O)c(C(=O)O)cn1c23. The van der Waals surface area contributed by atoms with E-state index in [-0.39, 0.29) is 22.5 Å². The van der Waals surface area contributed by atoms with Gasteiger partial charge in [0.05, 0.1) is 21.5 Å². The van der Waals surface area contributed by atoms with Crippen LogP contribution in [0.1, 0.15) is 42.6 Å². The van der Waals surface area contributed by atoms with Crippen LogP contribution >= 0.6 is 11.8 Å². The van der Waals surface area contributed by atoms with Gasteiger partial charge in [0.15, 0.2) is 0 Å². The van der Waals surface area contributed by atoms with Crippen LogP contribution in [-0.2, 0) is 0 Å². The van der Waals surface area contributed by atoms with Crippen molar-refractivity contribution in [1.29, 1.82) is 0 Å². The fourth-order valence-corrected chi connectivity index (χ4v) is 6.03. The minimum Gasteiger partial charge on any atom is -0.477 e. The molecule has 28 heavy (non-hydrogen) atoms. The summed E-state index contributed by atoms with van der Waals surface area (Å²) in [6.45, 7) is 4.27. The highest BCUT2D eigenvalue weighted by molar-refractivity contribution is 7.99. The van der Waals surface area contributed by atoms with E-state index in [0.717, 1.165) is 30.8 Å². The maximum absolute atomic E-state index is 15.3. The van der Waals surface area contributed by atoms with E-state index < -0.39 is 17.2 Å². The Morgan fingerprint density at radius 3 is 2.89 bits per heavy atom. The Hall–Kier alpha value is -2.06. The first-order chi connectivity index (χ1) is 13.4. The van der Waals surface area contributed by atoms with E-state index in [1.807, 2.05) is 11.5 Å². The molecule has 0 bridgehead atoms. The molecule has 2 aromatic rings. The predicted octanol–water partition coefficient (Wildman–Crippen LogP) is 2.84. The number of hydrogen-bond donors (Lipinski definition) is 2. The molecule has 0 amide bonds. The zero-order valence-electron chi connectivity index (χ0n) is 15.6. The average molecular weight is 403 g/mol. The maximum Gasteiger partial charge on any atom is 0.341 e. The largest absolute Gasteiger partial charge is 0.477 e. The average Bonchev–Trinajstić information content (AvgIpc) is 2.64. The molecule has 1 aliphatic carbocycles. The van der Waals surface area contributed by atoms with Crippen LogP contribution in [0.3, 0.4) is 0 Å². The molecule has 1 aromatic carbocycles. The smallest absolute Gasteiger partial charge is 0.341 e. The highest BCUT2D eigenvalue weighted by atomic mass is 32.2. The van der Waals surface area contributed by atoms with E-state index in [1.165, 1.54) is 18.7 Å². The van der Waals surface area contributed by atoms with Crippen LogP contribution in [-0.4, -0.2) is 46.6 Å². The Morgan fingerprint density at radius 1 is 1.43 bits per heavy atom. The van der Waals surface area contributed by atoms with Gasteiger partial charge in [-0.05, 0) is 32.3 Å². The number of halogens is 1. The van der Waals surface area contributed by atoms with Gasteiger partial charge in [-0.1, -0.05) is 0 Å². The van der Waals surface area contributed by atoms with Crippen LogP contribution in [0.5, 0.6) is 0 Å². The first kappa shape index (κ1) is 18.0. The van der Waals surface area contributed by atoms with Crippen LogP contribution in [0, 0.1) is 5.82 Å². The number of piperazine rings is 1.